The Morgan fingerprint density at radius 2 is 1.59 bits per heavy atom. The van der Waals surface area contributed by atoms with Gasteiger partial charge in [0, 0.05) is 29.9 Å². The number of fused-ring (bicyclic) bond motifs is 2. The van der Waals surface area contributed by atoms with Gasteiger partial charge in [0.2, 0.25) is 0 Å². The predicted molar refractivity (Wildman–Crippen MR) is 101 cm³/mol. The highest BCUT2D eigenvalue weighted by molar-refractivity contribution is 6.30. The molecule has 4 nitrogen and oxygen atoms in total. The molecule has 2 aliphatic rings. The minimum Gasteiger partial charge on any atom is -0.490 e. The molecular weight excluding hydrogens is 369 g/mol. The lowest BCUT2D eigenvalue weighted by atomic mass is 9.99. The first kappa shape index (κ1) is 18.1. The number of hydrogen-bond acceptors (Lipinski definition) is 3. The van der Waals surface area contributed by atoms with Crippen LogP contribution in [0, 0.1) is 5.82 Å². The van der Waals surface area contributed by atoms with Crippen LogP contribution < -0.4 is 9.47 Å². The van der Waals surface area contributed by atoms with Crippen LogP contribution in [0.4, 0.5) is 4.39 Å². The lowest BCUT2D eigenvalue weighted by Gasteiger charge is -2.38. The van der Waals surface area contributed by atoms with Crippen molar-refractivity contribution in [3.05, 3.63) is 59.4 Å². The van der Waals surface area contributed by atoms with Gasteiger partial charge in [-0.1, -0.05) is 11.6 Å². The van der Waals surface area contributed by atoms with E-state index in [0.29, 0.717) is 16.5 Å². The molecule has 1 amide bonds. The van der Waals surface area contributed by atoms with E-state index in [0.717, 1.165) is 25.7 Å². The normalized spacial score (nSPS) is 23.9. The van der Waals surface area contributed by atoms with Gasteiger partial charge in [0.05, 0.1) is 0 Å². The van der Waals surface area contributed by atoms with Gasteiger partial charge < -0.3 is 14.4 Å². The second-order valence-corrected chi connectivity index (χ2v) is 7.53. The van der Waals surface area contributed by atoms with Crippen molar-refractivity contribution in [3.8, 4) is 11.5 Å². The standard InChI is InChI=1S/C21H21ClFNO3/c22-14-1-7-18(8-2-14)26-13-21(25)24-16-5-6-17(24)12-20(11-16)27-19-9-3-15(23)4-10-19/h1-4,7-10,16-17,20H,5-6,11-13H2/t16-,17+,20?. The monoisotopic (exact) mass is 389 g/mol. The van der Waals surface area contributed by atoms with Crippen LogP contribution in [0.3, 0.4) is 0 Å². The van der Waals surface area contributed by atoms with Crippen molar-refractivity contribution >= 4 is 17.5 Å². The summed E-state index contributed by atoms with van der Waals surface area (Å²) in [5.41, 5.74) is 0. The van der Waals surface area contributed by atoms with Crippen molar-refractivity contribution in [2.24, 2.45) is 0 Å². The number of halogens is 2. The van der Waals surface area contributed by atoms with Gasteiger partial charge in [-0.25, -0.2) is 4.39 Å². The fourth-order valence-corrected chi connectivity index (χ4v) is 4.21. The van der Waals surface area contributed by atoms with Crippen LogP contribution in [0.15, 0.2) is 48.5 Å². The maximum absolute atomic E-state index is 13.0. The van der Waals surface area contributed by atoms with Crippen LogP contribution in [0.1, 0.15) is 25.7 Å². The smallest absolute Gasteiger partial charge is 0.261 e. The summed E-state index contributed by atoms with van der Waals surface area (Å²) in [4.78, 5) is 14.7. The minimum absolute atomic E-state index is 0.0117. The van der Waals surface area contributed by atoms with E-state index in [1.54, 1.807) is 36.4 Å². The molecule has 0 radical (unpaired) electrons. The first-order valence-electron chi connectivity index (χ1n) is 9.20. The number of ether oxygens (including phenoxy) is 2. The van der Waals surface area contributed by atoms with Crippen molar-refractivity contribution in [3.63, 3.8) is 0 Å². The SMILES string of the molecule is O=C(COc1ccc(Cl)cc1)N1[C@@H]2CC[C@H]1CC(Oc1ccc(F)cc1)C2. The third kappa shape index (κ3) is 4.19. The Morgan fingerprint density at radius 1 is 1.00 bits per heavy atom. The molecule has 2 bridgehead atoms. The number of carbonyl (C=O) groups excluding carboxylic acids is 1. The molecule has 2 aromatic rings. The van der Waals surface area contributed by atoms with Gasteiger partial charge in [-0.3, -0.25) is 4.79 Å². The first-order valence-corrected chi connectivity index (χ1v) is 9.58. The van der Waals surface area contributed by atoms with E-state index in [1.165, 1.54) is 12.1 Å². The molecule has 3 atom stereocenters. The van der Waals surface area contributed by atoms with Crippen LogP contribution in [-0.2, 0) is 4.79 Å². The lowest BCUT2D eigenvalue weighted by Crippen LogP contribution is -2.50. The van der Waals surface area contributed by atoms with E-state index in [1.807, 2.05) is 4.90 Å². The minimum atomic E-state index is -0.275. The van der Waals surface area contributed by atoms with Gasteiger partial charge in [-0.2, -0.15) is 0 Å². The Hall–Kier alpha value is -2.27. The second kappa shape index (κ2) is 7.77. The van der Waals surface area contributed by atoms with Gasteiger partial charge in [-0.05, 0) is 61.4 Å². The number of amides is 1. The van der Waals surface area contributed by atoms with Crippen molar-refractivity contribution in [2.45, 2.75) is 43.9 Å². The van der Waals surface area contributed by atoms with Gasteiger partial charge in [0.25, 0.3) is 5.91 Å². The topological polar surface area (TPSA) is 38.8 Å². The van der Waals surface area contributed by atoms with Crippen molar-refractivity contribution in [1.82, 2.24) is 4.90 Å². The average molecular weight is 390 g/mol. The highest BCUT2D eigenvalue weighted by Gasteiger charge is 2.44. The fraction of sp³-hybridized carbons (Fsp3) is 0.381. The third-order valence-electron chi connectivity index (χ3n) is 5.27. The molecule has 2 aliphatic heterocycles. The fourth-order valence-electron chi connectivity index (χ4n) is 4.09. The van der Waals surface area contributed by atoms with E-state index in [9.17, 15) is 9.18 Å². The Labute approximate surface area is 162 Å². The highest BCUT2D eigenvalue weighted by atomic mass is 35.5. The van der Waals surface area contributed by atoms with Gasteiger partial charge in [0.1, 0.15) is 23.4 Å². The number of hydrogen-bond donors (Lipinski definition) is 0. The molecule has 0 saturated carbocycles. The molecule has 0 spiro atoms. The molecule has 2 saturated heterocycles. The van der Waals surface area contributed by atoms with Crippen LogP contribution >= 0.6 is 11.6 Å². The zero-order valence-corrected chi connectivity index (χ0v) is 15.6. The summed E-state index contributed by atoms with van der Waals surface area (Å²) in [6.45, 7) is 0.0259. The van der Waals surface area contributed by atoms with E-state index < -0.39 is 0 Å². The van der Waals surface area contributed by atoms with Crippen molar-refractivity contribution in [1.29, 1.82) is 0 Å². The lowest BCUT2D eigenvalue weighted by molar-refractivity contribution is -0.139. The maximum atomic E-state index is 13.0. The van der Waals surface area contributed by atoms with E-state index in [4.69, 9.17) is 21.1 Å². The molecule has 2 aromatic carbocycles. The first-order chi connectivity index (χ1) is 13.1. The zero-order chi connectivity index (χ0) is 18.8. The quantitative estimate of drug-likeness (QED) is 0.757. The summed E-state index contributed by atoms with van der Waals surface area (Å²) in [5, 5.41) is 0.634. The zero-order valence-electron chi connectivity index (χ0n) is 14.8. The van der Waals surface area contributed by atoms with Crippen LogP contribution in [-0.4, -0.2) is 35.6 Å². The Bertz CT molecular complexity index is 782. The van der Waals surface area contributed by atoms with Crippen molar-refractivity contribution in [2.75, 3.05) is 6.61 Å². The molecule has 6 heteroatoms. The summed E-state index contributed by atoms with van der Waals surface area (Å²) in [7, 11) is 0. The summed E-state index contributed by atoms with van der Waals surface area (Å²) in [6, 6.07) is 13.4. The number of benzene rings is 2. The summed E-state index contributed by atoms with van der Waals surface area (Å²) < 4.78 is 24.7. The highest BCUT2D eigenvalue weighted by Crippen LogP contribution is 2.37. The van der Waals surface area contributed by atoms with Crippen molar-refractivity contribution < 1.29 is 18.7 Å². The Balaban J connectivity index is 1.33. The van der Waals surface area contributed by atoms with Gasteiger partial charge in [-0.15, -0.1) is 0 Å². The van der Waals surface area contributed by atoms with Crippen LogP contribution in [0.5, 0.6) is 11.5 Å². The Morgan fingerprint density at radius 3 is 2.22 bits per heavy atom. The van der Waals surface area contributed by atoms with Gasteiger partial charge >= 0.3 is 0 Å². The second-order valence-electron chi connectivity index (χ2n) is 7.09. The molecule has 0 aliphatic carbocycles. The van der Waals surface area contributed by atoms with Gasteiger partial charge in [0.15, 0.2) is 6.61 Å². The van der Waals surface area contributed by atoms with E-state index in [2.05, 4.69) is 0 Å². The molecule has 0 N–H and O–H groups in total. The number of carbonyl (C=O) groups is 1. The summed E-state index contributed by atoms with van der Waals surface area (Å²) in [5.74, 6) is 1.04. The summed E-state index contributed by atoms with van der Waals surface area (Å²) in [6.07, 6.45) is 3.61. The molecule has 0 aromatic heterocycles. The molecule has 4 rings (SSSR count). The molecule has 142 valence electrons. The number of piperidine rings is 1. The molecule has 27 heavy (non-hydrogen) atoms. The van der Waals surface area contributed by atoms with Crippen LogP contribution in [0.2, 0.25) is 5.02 Å². The number of nitrogens with zero attached hydrogens (tertiary/aromatic N) is 1. The molecule has 2 heterocycles. The summed E-state index contributed by atoms with van der Waals surface area (Å²) >= 11 is 5.86. The number of rotatable bonds is 5. The molecule has 1 unspecified atom stereocenters. The predicted octanol–water partition coefficient (Wildman–Crippen LogP) is 4.46. The third-order valence-corrected chi connectivity index (χ3v) is 5.52. The van der Waals surface area contributed by atoms with Crippen LogP contribution in [0.25, 0.3) is 0 Å². The van der Waals surface area contributed by atoms with E-state index >= 15 is 0 Å². The Kier molecular flexibility index (Phi) is 5.21. The molecule has 2 fully saturated rings. The maximum Gasteiger partial charge on any atom is 0.261 e. The van der Waals surface area contributed by atoms with E-state index in [-0.39, 0.29) is 36.5 Å². The average Bonchev–Trinajstić information content (AvgIpc) is 2.94. The molecular formula is C21H21ClFNO3. The largest absolute Gasteiger partial charge is 0.490 e.